The molecule has 2 rings (SSSR count). The van der Waals surface area contributed by atoms with Crippen LogP contribution in [0.3, 0.4) is 0 Å². The van der Waals surface area contributed by atoms with E-state index in [-0.39, 0.29) is 5.91 Å². The van der Waals surface area contributed by atoms with Crippen molar-refractivity contribution >= 4 is 17.5 Å². The molecule has 1 unspecified atom stereocenters. The molecule has 1 aliphatic rings. The minimum absolute atomic E-state index is 0.106. The summed E-state index contributed by atoms with van der Waals surface area (Å²) in [6.45, 7) is 1.58. The van der Waals surface area contributed by atoms with Crippen molar-refractivity contribution in [1.29, 1.82) is 0 Å². The van der Waals surface area contributed by atoms with Gasteiger partial charge in [-0.15, -0.1) is 0 Å². The predicted octanol–water partition coefficient (Wildman–Crippen LogP) is 2.49. The van der Waals surface area contributed by atoms with Gasteiger partial charge >= 0.3 is 0 Å². The van der Waals surface area contributed by atoms with Gasteiger partial charge in [0.15, 0.2) is 0 Å². The van der Waals surface area contributed by atoms with Crippen LogP contribution >= 0.6 is 11.6 Å². The molecule has 98 valence electrons. The second-order valence-corrected chi connectivity index (χ2v) is 5.19. The molecule has 3 nitrogen and oxygen atoms in total. The minimum Gasteiger partial charge on any atom is -0.352 e. The summed E-state index contributed by atoms with van der Waals surface area (Å²) in [5.74, 6) is 0.106. The molecule has 1 aromatic rings. The lowest BCUT2D eigenvalue weighted by atomic mass is 10.0. The zero-order chi connectivity index (χ0) is 12.8. The highest BCUT2D eigenvalue weighted by Gasteiger charge is 2.15. The first-order valence-electron chi connectivity index (χ1n) is 6.48. The summed E-state index contributed by atoms with van der Waals surface area (Å²) in [6.07, 6.45) is 4.12. The van der Waals surface area contributed by atoms with Crippen LogP contribution in [0.1, 0.15) is 31.2 Å². The molecule has 0 saturated carbocycles. The highest BCUT2D eigenvalue weighted by atomic mass is 35.5. The molecular weight excluding hydrogens is 248 g/mol. The minimum atomic E-state index is 0.106. The monoisotopic (exact) mass is 266 g/mol. The SMILES string of the molecule is O=C(CC1CCCCN1)NCc1cccc(Cl)c1. The lowest BCUT2D eigenvalue weighted by Crippen LogP contribution is -2.38. The summed E-state index contributed by atoms with van der Waals surface area (Å²) in [6, 6.07) is 7.91. The fourth-order valence-electron chi connectivity index (χ4n) is 2.24. The second-order valence-electron chi connectivity index (χ2n) is 4.76. The van der Waals surface area contributed by atoms with Crippen molar-refractivity contribution in [3.8, 4) is 0 Å². The summed E-state index contributed by atoms with van der Waals surface area (Å²) in [5, 5.41) is 7.02. The number of carbonyl (C=O) groups excluding carboxylic acids is 1. The number of carbonyl (C=O) groups is 1. The Hall–Kier alpha value is -1.06. The van der Waals surface area contributed by atoms with Gasteiger partial charge in [0.05, 0.1) is 0 Å². The highest BCUT2D eigenvalue weighted by molar-refractivity contribution is 6.30. The van der Waals surface area contributed by atoms with Crippen LogP contribution in [0.15, 0.2) is 24.3 Å². The summed E-state index contributed by atoms with van der Waals surface area (Å²) >= 11 is 5.89. The first kappa shape index (κ1) is 13.4. The molecule has 0 spiro atoms. The van der Waals surface area contributed by atoms with Gasteiger partial charge in [-0.2, -0.15) is 0 Å². The third-order valence-electron chi connectivity index (χ3n) is 3.22. The Balaban J connectivity index is 1.74. The van der Waals surface area contributed by atoms with Crippen LogP contribution in [-0.4, -0.2) is 18.5 Å². The fourth-order valence-corrected chi connectivity index (χ4v) is 2.45. The molecule has 1 aromatic carbocycles. The van der Waals surface area contributed by atoms with Gasteiger partial charge in [-0.1, -0.05) is 30.2 Å². The average Bonchev–Trinajstić information content (AvgIpc) is 2.38. The van der Waals surface area contributed by atoms with E-state index >= 15 is 0 Å². The molecule has 18 heavy (non-hydrogen) atoms. The summed E-state index contributed by atoms with van der Waals surface area (Å²) < 4.78 is 0. The zero-order valence-corrected chi connectivity index (χ0v) is 11.2. The van der Waals surface area contributed by atoms with Gasteiger partial charge in [0.2, 0.25) is 5.91 Å². The molecule has 0 aromatic heterocycles. The maximum absolute atomic E-state index is 11.8. The van der Waals surface area contributed by atoms with Crippen molar-refractivity contribution in [2.45, 2.75) is 38.3 Å². The maximum Gasteiger partial charge on any atom is 0.221 e. The zero-order valence-electron chi connectivity index (χ0n) is 10.4. The summed E-state index contributed by atoms with van der Waals surface area (Å²) in [5.41, 5.74) is 1.03. The number of hydrogen-bond donors (Lipinski definition) is 2. The van der Waals surface area contributed by atoms with Crippen molar-refractivity contribution in [3.63, 3.8) is 0 Å². The number of amides is 1. The van der Waals surface area contributed by atoms with Gasteiger partial charge in [-0.25, -0.2) is 0 Å². The molecule has 0 bridgehead atoms. The molecule has 0 aliphatic carbocycles. The summed E-state index contributed by atoms with van der Waals surface area (Å²) in [7, 11) is 0. The molecule has 2 N–H and O–H groups in total. The molecular formula is C14H19ClN2O. The predicted molar refractivity (Wildman–Crippen MR) is 73.6 cm³/mol. The molecule has 0 radical (unpaired) electrons. The number of rotatable bonds is 4. The smallest absolute Gasteiger partial charge is 0.221 e. The summed E-state index contributed by atoms with van der Waals surface area (Å²) in [4.78, 5) is 11.8. The van der Waals surface area contributed by atoms with E-state index in [9.17, 15) is 4.79 Å². The van der Waals surface area contributed by atoms with E-state index in [4.69, 9.17) is 11.6 Å². The van der Waals surface area contributed by atoms with Crippen molar-refractivity contribution < 1.29 is 4.79 Å². The molecule has 1 heterocycles. The lowest BCUT2D eigenvalue weighted by molar-refractivity contribution is -0.121. The lowest BCUT2D eigenvalue weighted by Gasteiger charge is -2.22. The van der Waals surface area contributed by atoms with Crippen molar-refractivity contribution in [2.75, 3.05) is 6.54 Å². The van der Waals surface area contributed by atoms with Gasteiger partial charge < -0.3 is 10.6 Å². The molecule has 1 atom stereocenters. The number of nitrogens with one attached hydrogen (secondary N) is 2. The number of piperidine rings is 1. The molecule has 4 heteroatoms. The number of benzene rings is 1. The van der Waals surface area contributed by atoms with Crippen LogP contribution in [0.25, 0.3) is 0 Å². The first-order valence-corrected chi connectivity index (χ1v) is 6.86. The molecule has 1 amide bonds. The Morgan fingerprint density at radius 1 is 1.44 bits per heavy atom. The van der Waals surface area contributed by atoms with Gasteiger partial charge in [0.1, 0.15) is 0 Å². The normalized spacial score (nSPS) is 19.5. The molecule has 1 saturated heterocycles. The third-order valence-corrected chi connectivity index (χ3v) is 3.46. The highest BCUT2D eigenvalue weighted by Crippen LogP contribution is 2.11. The Morgan fingerprint density at radius 3 is 3.06 bits per heavy atom. The second kappa shape index (κ2) is 6.76. The standard InChI is InChI=1S/C14H19ClN2O/c15-12-5-3-4-11(8-12)10-17-14(18)9-13-6-1-2-7-16-13/h3-5,8,13,16H,1-2,6-7,9-10H2,(H,17,18). The number of hydrogen-bond acceptors (Lipinski definition) is 2. The van der Waals surface area contributed by atoms with E-state index < -0.39 is 0 Å². The van der Waals surface area contributed by atoms with Crippen LogP contribution in [0.5, 0.6) is 0 Å². The van der Waals surface area contributed by atoms with Crippen LogP contribution in [0, 0.1) is 0 Å². The van der Waals surface area contributed by atoms with Gasteiger partial charge in [-0.3, -0.25) is 4.79 Å². The van der Waals surface area contributed by atoms with Crippen LogP contribution < -0.4 is 10.6 Å². The van der Waals surface area contributed by atoms with Gasteiger partial charge in [0.25, 0.3) is 0 Å². The largest absolute Gasteiger partial charge is 0.352 e. The fraction of sp³-hybridized carbons (Fsp3) is 0.500. The van der Waals surface area contributed by atoms with Crippen molar-refractivity contribution in [2.24, 2.45) is 0 Å². The van der Waals surface area contributed by atoms with E-state index in [1.54, 1.807) is 0 Å². The van der Waals surface area contributed by atoms with Crippen molar-refractivity contribution in [1.82, 2.24) is 10.6 Å². The van der Waals surface area contributed by atoms with Crippen molar-refractivity contribution in [3.05, 3.63) is 34.9 Å². The molecule has 1 aliphatic heterocycles. The van der Waals surface area contributed by atoms with Crippen LogP contribution in [0.2, 0.25) is 5.02 Å². The van der Waals surface area contributed by atoms with E-state index in [2.05, 4.69) is 10.6 Å². The van der Waals surface area contributed by atoms with Gasteiger partial charge in [0, 0.05) is 24.0 Å². The molecule has 1 fully saturated rings. The number of halogens is 1. The van der Waals surface area contributed by atoms with Crippen LogP contribution in [-0.2, 0) is 11.3 Å². The van der Waals surface area contributed by atoms with Crippen LogP contribution in [0.4, 0.5) is 0 Å². The Labute approximate surface area is 113 Å². The Bertz CT molecular complexity index is 403. The third kappa shape index (κ3) is 4.31. The Kier molecular flexibility index (Phi) is 5.02. The van der Waals surface area contributed by atoms with E-state index in [0.717, 1.165) is 18.5 Å². The van der Waals surface area contributed by atoms with E-state index in [1.807, 2.05) is 24.3 Å². The van der Waals surface area contributed by atoms with Gasteiger partial charge in [-0.05, 0) is 37.1 Å². The maximum atomic E-state index is 11.8. The Morgan fingerprint density at radius 2 is 2.33 bits per heavy atom. The first-order chi connectivity index (χ1) is 8.74. The topological polar surface area (TPSA) is 41.1 Å². The van der Waals surface area contributed by atoms with E-state index in [1.165, 1.54) is 12.8 Å². The quantitative estimate of drug-likeness (QED) is 0.879. The average molecular weight is 267 g/mol. The van der Waals surface area contributed by atoms with E-state index in [0.29, 0.717) is 24.0 Å².